The minimum atomic E-state index is -3.78. The molecule has 2 aromatic heterocycles. The van der Waals surface area contributed by atoms with Gasteiger partial charge in [0.2, 0.25) is 5.89 Å². The normalized spacial score (nSPS) is 22.5. The molecule has 0 saturated heterocycles. The molecule has 0 spiro atoms. The van der Waals surface area contributed by atoms with E-state index in [1.807, 2.05) is 5.32 Å². The largest absolute Gasteiger partial charge is 0.415 e. The first-order chi connectivity index (χ1) is 15.4. The zero-order valence-electron chi connectivity index (χ0n) is 17.0. The van der Waals surface area contributed by atoms with Crippen molar-refractivity contribution in [3.8, 4) is 11.5 Å². The lowest BCUT2D eigenvalue weighted by molar-refractivity contribution is -0.149. The Balaban J connectivity index is 1.63. The van der Waals surface area contributed by atoms with E-state index in [0.717, 1.165) is 11.1 Å². The average molecular weight is 477 g/mol. The lowest BCUT2D eigenvalue weighted by atomic mass is 9.85. The van der Waals surface area contributed by atoms with Crippen LogP contribution in [0.1, 0.15) is 54.6 Å². The van der Waals surface area contributed by atoms with Crippen LogP contribution < -0.4 is 5.32 Å². The molecule has 1 aliphatic carbocycles. The highest BCUT2D eigenvalue weighted by atomic mass is 19.3. The van der Waals surface area contributed by atoms with Gasteiger partial charge >= 0.3 is 12.3 Å². The number of nitrogens with one attached hydrogen (secondary N) is 1. The van der Waals surface area contributed by atoms with Crippen molar-refractivity contribution in [3.63, 3.8) is 0 Å². The van der Waals surface area contributed by atoms with Crippen molar-refractivity contribution in [2.24, 2.45) is 0 Å². The first kappa shape index (κ1) is 23.0. The molecule has 2 aliphatic rings. The van der Waals surface area contributed by atoms with Crippen LogP contribution in [0.5, 0.6) is 0 Å². The third kappa shape index (κ3) is 4.25. The Morgan fingerprint density at radius 1 is 1.33 bits per heavy atom. The fourth-order valence-electron chi connectivity index (χ4n) is 4.02. The van der Waals surface area contributed by atoms with E-state index in [1.165, 1.54) is 6.07 Å². The van der Waals surface area contributed by atoms with Gasteiger partial charge in [-0.3, -0.25) is 14.6 Å². The second-order valence-electron chi connectivity index (χ2n) is 7.96. The molecule has 1 aliphatic heterocycles. The third-order valence-corrected chi connectivity index (χ3v) is 5.55. The van der Waals surface area contributed by atoms with Crippen molar-refractivity contribution in [2.45, 2.75) is 63.1 Å². The predicted octanol–water partition coefficient (Wildman–Crippen LogP) is 3.35. The smallest absolute Gasteiger partial charge is 0.321 e. The Kier molecular flexibility index (Phi) is 5.56. The molecule has 2 amide bonds. The molecule has 8 nitrogen and oxygen atoms in total. The van der Waals surface area contributed by atoms with Gasteiger partial charge in [0.1, 0.15) is 6.04 Å². The lowest BCUT2D eigenvalue weighted by Gasteiger charge is -2.43. The molecule has 2 aromatic rings. The molecule has 4 rings (SSSR count). The van der Waals surface area contributed by atoms with Crippen molar-refractivity contribution < 1.29 is 40.3 Å². The number of rotatable bonds is 5. The van der Waals surface area contributed by atoms with Crippen LogP contribution in [-0.2, 0) is 11.3 Å². The van der Waals surface area contributed by atoms with Crippen LogP contribution in [-0.4, -0.2) is 55.8 Å². The number of carbonyl (C=O) groups excluding carboxylic acids is 2. The molecule has 1 saturated carbocycles. The van der Waals surface area contributed by atoms with Gasteiger partial charge in [0.25, 0.3) is 23.6 Å². The van der Waals surface area contributed by atoms with Crippen molar-refractivity contribution in [2.75, 3.05) is 0 Å². The Hall–Kier alpha value is -3.19. The fraction of sp³-hybridized carbons (Fsp3) is 0.526. The van der Waals surface area contributed by atoms with Crippen molar-refractivity contribution >= 4 is 11.8 Å². The molecule has 178 valence electrons. The van der Waals surface area contributed by atoms with Crippen molar-refractivity contribution in [1.29, 1.82) is 0 Å². The Labute approximate surface area is 182 Å². The summed E-state index contributed by atoms with van der Waals surface area (Å²) in [6.07, 6.45) is -2.51. The standard InChI is InChI=1S/C19H17F6N5O3/c1-18(22,23)17(32)27-10-3-2-4-19(24,25)12(10)30-7-11-9(16(30)31)5-8(6-26-11)14-28-29-15(33-14)13(20)21/h5-6,10,12-13H,2-4,7H2,1H3,(H,27,32)/t10-,12+/m1/s1. The number of nitrogens with zero attached hydrogens (tertiary/aromatic N) is 4. The van der Waals surface area contributed by atoms with Crippen LogP contribution >= 0.6 is 0 Å². The number of fused-ring (bicyclic) bond motifs is 1. The highest BCUT2D eigenvalue weighted by molar-refractivity contribution is 5.99. The van der Waals surface area contributed by atoms with Crippen molar-refractivity contribution in [1.82, 2.24) is 25.4 Å². The van der Waals surface area contributed by atoms with Gasteiger partial charge in [0.15, 0.2) is 0 Å². The molecular weight excluding hydrogens is 460 g/mol. The zero-order valence-corrected chi connectivity index (χ0v) is 17.0. The van der Waals surface area contributed by atoms with Gasteiger partial charge in [-0.1, -0.05) is 0 Å². The van der Waals surface area contributed by atoms with E-state index >= 15 is 0 Å². The maximum Gasteiger partial charge on any atom is 0.321 e. The van der Waals surface area contributed by atoms with E-state index in [0.29, 0.717) is 6.92 Å². The summed E-state index contributed by atoms with van der Waals surface area (Å²) in [7, 11) is 0. The molecule has 1 N–H and O–H groups in total. The number of hydrogen-bond acceptors (Lipinski definition) is 6. The van der Waals surface area contributed by atoms with E-state index in [9.17, 15) is 35.9 Å². The average Bonchev–Trinajstić information content (AvgIpc) is 3.32. The minimum Gasteiger partial charge on any atom is -0.415 e. The number of amides is 2. The van der Waals surface area contributed by atoms with Crippen LogP contribution in [0.3, 0.4) is 0 Å². The van der Waals surface area contributed by atoms with E-state index in [4.69, 9.17) is 4.42 Å². The summed E-state index contributed by atoms with van der Waals surface area (Å²) in [6.45, 7) is -0.00664. The molecular formula is C19H17F6N5O3. The van der Waals surface area contributed by atoms with Crippen LogP contribution in [0.25, 0.3) is 11.5 Å². The molecule has 0 bridgehead atoms. The molecule has 14 heteroatoms. The molecule has 0 unspecified atom stereocenters. The molecule has 1 fully saturated rings. The highest BCUT2D eigenvalue weighted by Gasteiger charge is 2.54. The summed E-state index contributed by atoms with van der Waals surface area (Å²) < 4.78 is 86.7. The zero-order chi connectivity index (χ0) is 24.1. The summed E-state index contributed by atoms with van der Waals surface area (Å²) in [5.41, 5.74) is 0.0374. The molecule has 3 heterocycles. The SMILES string of the molecule is CC(F)(F)C(=O)N[C@@H]1CCCC(F)(F)[C@H]1N1Cc2ncc(-c3nnc(C(F)F)o3)cc2C1=O. The Morgan fingerprint density at radius 2 is 2.06 bits per heavy atom. The van der Waals surface area contributed by atoms with Gasteiger partial charge in [-0.2, -0.15) is 17.6 Å². The number of carbonyl (C=O) groups is 2. The van der Waals surface area contributed by atoms with E-state index < -0.39 is 54.5 Å². The number of alkyl halides is 6. The Morgan fingerprint density at radius 3 is 2.70 bits per heavy atom. The molecule has 0 aromatic carbocycles. The summed E-state index contributed by atoms with van der Waals surface area (Å²) in [6, 6.07) is -2.09. The minimum absolute atomic E-state index is 0.0224. The predicted molar refractivity (Wildman–Crippen MR) is 97.5 cm³/mol. The number of pyridine rings is 1. The molecule has 33 heavy (non-hydrogen) atoms. The van der Waals surface area contributed by atoms with E-state index in [-0.39, 0.29) is 42.1 Å². The Bertz CT molecular complexity index is 1090. The second kappa shape index (κ2) is 7.99. The van der Waals surface area contributed by atoms with Crippen LogP contribution in [0.4, 0.5) is 26.3 Å². The summed E-state index contributed by atoms with van der Waals surface area (Å²) in [5.74, 6) is -11.1. The maximum absolute atomic E-state index is 14.9. The second-order valence-corrected chi connectivity index (χ2v) is 7.96. The monoisotopic (exact) mass is 477 g/mol. The first-order valence-corrected chi connectivity index (χ1v) is 9.87. The first-order valence-electron chi connectivity index (χ1n) is 9.87. The quantitative estimate of drug-likeness (QED) is 0.663. The highest BCUT2D eigenvalue weighted by Crippen LogP contribution is 2.40. The van der Waals surface area contributed by atoms with Gasteiger partial charge in [0.05, 0.1) is 29.4 Å². The molecule has 2 atom stereocenters. The maximum atomic E-state index is 14.9. The number of halogens is 6. The van der Waals surface area contributed by atoms with E-state index in [1.54, 1.807) is 0 Å². The molecule has 0 radical (unpaired) electrons. The van der Waals surface area contributed by atoms with Gasteiger partial charge in [-0.15, -0.1) is 10.2 Å². The summed E-state index contributed by atoms with van der Waals surface area (Å²) in [5, 5.41) is 8.59. The van der Waals surface area contributed by atoms with Gasteiger partial charge in [0, 0.05) is 19.5 Å². The van der Waals surface area contributed by atoms with Gasteiger partial charge in [-0.25, -0.2) is 8.78 Å². The van der Waals surface area contributed by atoms with Crippen LogP contribution in [0.15, 0.2) is 16.7 Å². The van der Waals surface area contributed by atoms with Crippen LogP contribution in [0, 0.1) is 0 Å². The fourth-order valence-corrected chi connectivity index (χ4v) is 4.02. The number of hydrogen-bond donors (Lipinski definition) is 1. The van der Waals surface area contributed by atoms with E-state index in [2.05, 4.69) is 15.2 Å². The van der Waals surface area contributed by atoms with Crippen LogP contribution in [0.2, 0.25) is 0 Å². The van der Waals surface area contributed by atoms with Crippen molar-refractivity contribution in [3.05, 3.63) is 29.4 Å². The lowest BCUT2D eigenvalue weighted by Crippen LogP contribution is -2.63. The number of aromatic nitrogens is 3. The van der Waals surface area contributed by atoms with Gasteiger partial charge < -0.3 is 14.6 Å². The van der Waals surface area contributed by atoms with Gasteiger partial charge in [-0.05, 0) is 18.9 Å². The summed E-state index contributed by atoms with van der Waals surface area (Å²) >= 11 is 0. The third-order valence-electron chi connectivity index (χ3n) is 5.55. The summed E-state index contributed by atoms with van der Waals surface area (Å²) in [4.78, 5) is 29.6. The topological polar surface area (TPSA) is 101 Å².